The van der Waals surface area contributed by atoms with E-state index in [0.29, 0.717) is 10.6 Å². The molecule has 0 unspecified atom stereocenters. The van der Waals surface area contributed by atoms with Gasteiger partial charge in [0, 0.05) is 9.13 Å². The zero-order valence-electron chi connectivity index (χ0n) is 5.90. The number of hydrogen-bond acceptors (Lipinski definition) is 1. The highest BCUT2D eigenvalue weighted by atomic mass is 127. The van der Waals surface area contributed by atoms with Crippen LogP contribution < -0.4 is 0 Å². The first-order valence-electron chi connectivity index (χ1n) is 3.06. The molecule has 0 spiro atoms. The van der Waals surface area contributed by atoms with Crippen molar-refractivity contribution in [3.8, 4) is 0 Å². The SMILES string of the molecule is Cc1cc(Cl)c(I)cc1C=O. The summed E-state index contributed by atoms with van der Waals surface area (Å²) in [5.41, 5.74) is 1.63. The third-order valence-corrected chi connectivity index (χ3v) is 2.96. The van der Waals surface area contributed by atoms with Crippen LogP contribution in [0.25, 0.3) is 0 Å². The van der Waals surface area contributed by atoms with Gasteiger partial charge in [0.15, 0.2) is 0 Å². The lowest BCUT2D eigenvalue weighted by molar-refractivity contribution is 0.112. The topological polar surface area (TPSA) is 17.1 Å². The second-order valence-electron chi connectivity index (χ2n) is 2.24. The molecule has 0 bridgehead atoms. The highest BCUT2D eigenvalue weighted by Crippen LogP contribution is 2.21. The van der Waals surface area contributed by atoms with E-state index in [1.165, 1.54) is 0 Å². The minimum atomic E-state index is 0.703. The fourth-order valence-corrected chi connectivity index (χ4v) is 1.50. The van der Waals surface area contributed by atoms with Gasteiger partial charge in [-0.2, -0.15) is 0 Å². The van der Waals surface area contributed by atoms with Crippen molar-refractivity contribution >= 4 is 40.5 Å². The fourth-order valence-electron chi connectivity index (χ4n) is 0.789. The molecular formula is C8H6ClIO. The van der Waals surface area contributed by atoms with Crippen molar-refractivity contribution < 1.29 is 4.79 Å². The van der Waals surface area contributed by atoms with Gasteiger partial charge < -0.3 is 0 Å². The van der Waals surface area contributed by atoms with E-state index in [1.807, 2.05) is 6.92 Å². The lowest BCUT2D eigenvalue weighted by Gasteiger charge is -2.00. The minimum Gasteiger partial charge on any atom is -0.298 e. The third kappa shape index (κ3) is 1.93. The van der Waals surface area contributed by atoms with Crippen LogP contribution in [0, 0.1) is 10.5 Å². The van der Waals surface area contributed by atoms with E-state index in [1.54, 1.807) is 12.1 Å². The van der Waals surface area contributed by atoms with Gasteiger partial charge in [0.25, 0.3) is 0 Å². The summed E-state index contributed by atoms with van der Waals surface area (Å²) in [6, 6.07) is 3.58. The summed E-state index contributed by atoms with van der Waals surface area (Å²) in [6.07, 6.45) is 0.841. The maximum Gasteiger partial charge on any atom is 0.150 e. The van der Waals surface area contributed by atoms with E-state index in [4.69, 9.17) is 11.6 Å². The van der Waals surface area contributed by atoms with E-state index in [2.05, 4.69) is 22.6 Å². The van der Waals surface area contributed by atoms with Crippen molar-refractivity contribution in [1.82, 2.24) is 0 Å². The molecule has 3 heteroatoms. The Morgan fingerprint density at radius 3 is 2.73 bits per heavy atom. The Morgan fingerprint density at radius 1 is 1.55 bits per heavy atom. The lowest BCUT2D eigenvalue weighted by Crippen LogP contribution is -1.87. The van der Waals surface area contributed by atoms with E-state index in [9.17, 15) is 4.79 Å². The molecule has 1 rings (SSSR count). The van der Waals surface area contributed by atoms with E-state index < -0.39 is 0 Å². The number of carbonyl (C=O) groups excluding carboxylic acids is 1. The number of halogens is 2. The molecule has 11 heavy (non-hydrogen) atoms. The largest absolute Gasteiger partial charge is 0.298 e. The first-order valence-corrected chi connectivity index (χ1v) is 4.51. The molecule has 0 fully saturated rings. The normalized spacial score (nSPS) is 9.73. The quantitative estimate of drug-likeness (QED) is 0.571. The van der Waals surface area contributed by atoms with Crippen molar-refractivity contribution in [3.05, 3.63) is 31.9 Å². The molecule has 0 heterocycles. The molecule has 0 N–H and O–H groups in total. The highest BCUT2D eigenvalue weighted by molar-refractivity contribution is 14.1. The van der Waals surface area contributed by atoms with Crippen LogP contribution in [0.3, 0.4) is 0 Å². The molecule has 0 radical (unpaired) electrons. The average molecular weight is 280 g/mol. The summed E-state index contributed by atoms with van der Waals surface area (Å²) in [7, 11) is 0. The van der Waals surface area contributed by atoms with Crippen LogP contribution in [-0.4, -0.2) is 6.29 Å². The lowest BCUT2D eigenvalue weighted by atomic mass is 10.1. The smallest absolute Gasteiger partial charge is 0.150 e. The predicted molar refractivity (Wildman–Crippen MR) is 54.3 cm³/mol. The zero-order valence-corrected chi connectivity index (χ0v) is 8.81. The Morgan fingerprint density at radius 2 is 2.18 bits per heavy atom. The number of hydrogen-bond donors (Lipinski definition) is 0. The Labute approximate surface area is 83.9 Å². The molecule has 1 aromatic carbocycles. The molecule has 58 valence electrons. The molecule has 0 aliphatic heterocycles. The molecule has 0 aliphatic rings. The van der Waals surface area contributed by atoms with Gasteiger partial charge in [-0.1, -0.05) is 11.6 Å². The molecule has 0 atom stereocenters. The van der Waals surface area contributed by atoms with Gasteiger partial charge in [0.2, 0.25) is 0 Å². The molecule has 0 saturated heterocycles. The van der Waals surface area contributed by atoms with Crippen LogP contribution in [0.2, 0.25) is 5.02 Å². The van der Waals surface area contributed by atoms with Crippen LogP contribution in [0.5, 0.6) is 0 Å². The number of aryl methyl sites for hydroxylation is 1. The van der Waals surface area contributed by atoms with Gasteiger partial charge in [0.1, 0.15) is 6.29 Å². The number of aldehydes is 1. The summed E-state index contributed by atoms with van der Waals surface area (Å²) in [5, 5.41) is 0.703. The maximum atomic E-state index is 10.4. The molecule has 1 aromatic rings. The summed E-state index contributed by atoms with van der Waals surface area (Å²) >= 11 is 7.92. The third-order valence-electron chi connectivity index (χ3n) is 1.44. The summed E-state index contributed by atoms with van der Waals surface area (Å²) in [5.74, 6) is 0. The summed E-state index contributed by atoms with van der Waals surface area (Å²) < 4.78 is 0.914. The molecule has 0 amide bonds. The van der Waals surface area contributed by atoms with Gasteiger partial charge >= 0.3 is 0 Å². The second-order valence-corrected chi connectivity index (χ2v) is 3.81. The van der Waals surface area contributed by atoms with Crippen LogP contribution in [0.4, 0.5) is 0 Å². The van der Waals surface area contributed by atoms with Gasteiger partial charge in [-0.05, 0) is 47.2 Å². The fraction of sp³-hybridized carbons (Fsp3) is 0.125. The molecule has 0 aromatic heterocycles. The number of carbonyl (C=O) groups is 1. The Hall–Kier alpha value is -0.0900. The van der Waals surface area contributed by atoms with Gasteiger partial charge in [-0.25, -0.2) is 0 Å². The molecule has 0 aliphatic carbocycles. The van der Waals surface area contributed by atoms with Crippen molar-refractivity contribution in [1.29, 1.82) is 0 Å². The summed E-state index contributed by atoms with van der Waals surface area (Å²) in [6.45, 7) is 1.87. The first-order chi connectivity index (χ1) is 5.15. The second kappa shape index (κ2) is 3.54. The van der Waals surface area contributed by atoms with Crippen molar-refractivity contribution in [2.45, 2.75) is 6.92 Å². The Kier molecular flexibility index (Phi) is 2.90. The Balaban J connectivity index is 3.31. The monoisotopic (exact) mass is 280 g/mol. The van der Waals surface area contributed by atoms with E-state index in [-0.39, 0.29) is 0 Å². The van der Waals surface area contributed by atoms with Crippen molar-refractivity contribution in [3.63, 3.8) is 0 Å². The van der Waals surface area contributed by atoms with Crippen molar-refractivity contribution in [2.75, 3.05) is 0 Å². The predicted octanol–water partition coefficient (Wildman–Crippen LogP) is 3.07. The first kappa shape index (κ1) is 9.00. The minimum absolute atomic E-state index is 0.703. The molecular weight excluding hydrogens is 274 g/mol. The maximum absolute atomic E-state index is 10.4. The van der Waals surface area contributed by atoms with Crippen LogP contribution in [0.15, 0.2) is 12.1 Å². The number of rotatable bonds is 1. The average Bonchev–Trinajstić information content (AvgIpc) is 1.97. The Bertz CT molecular complexity index is 296. The van der Waals surface area contributed by atoms with Crippen LogP contribution >= 0.6 is 34.2 Å². The van der Waals surface area contributed by atoms with E-state index in [0.717, 1.165) is 15.4 Å². The van der Waals surface area contributed by atoms with Gasteiger partial charge in [-0.15, -0.1) is 0 Å². The summed E-state index contributed by atoms with van der Waals surface area (Å²) in [4.78, 5) is 10.4. The molecule has 1 nitrogen and oxygen atoms in total. The van der Waals surface area contributed by atoms with Crippen LogP contribution in [0.1, 0.15) is 15.9 Å². The van der Waals surface area contributed by atoms with E-state index >= 15 is 0 Å². The van der Waals surface area contributed by atoms with Gasteiger partial charge in [-0.3, -0.25) is 4.79 Å². The van der Waals surface area contributed by atoms with Gasteiger partial charge in [0.05, 0.1) is 5.02 Å². The van der Waals surface area contributed by atoms with Crippen molar-refractivity contribution in [2.24, 2.45) is 0 Å². The zero-order chi connectivity index (χ0) is 8.43. The standard InChI is InChI=1S/C8H6ClIO/c1-5-2-7(9)8(10)3-6(5)4-11/h2-4H,1H3. The number of benzene rings is 1. The highest BCUT2D eigenvalue weighted by Gasteiger charge is 2.01. The van der Waals surface area contributed by atoms with Crippen LogP contribution in [-0.2, 0) is 0 Å². The molecule has 0 saturated carbocycles.